The van der Waals surface area contributed by atoms with Crippen LogP contribution in [0.4, 0.5) is 5.69 Å². The summed E-state index contributed by atoms with van der Waals surface area (Å²) in [7, 11) is -3.64. The molecule has 0 atom stereocenters. The Morgan fingerprint density at radius 1 is 1.04 bits per heavy atom. The van der Waals surface area contributed by atoms with E-state index in [-0.39, 0.29) is 4.90 Å². The minimum absolute atomic E-state index is 0.256. The molecule has 140 valence electrons. The van der Waals surface area contributed by atoms with Gasteiger partial charge in [-0.25, -0.2) is 18.4 Å². The van der Waals surface area contributed by atoms with Crippen LogP contribution in [0.1, 0.15) is 31.2 Å². The molecule has 0 unspecified atom stereocenters. The number of unbranched alkanes of at least 4 members (excludes halogenated alkanes) is 1. The molecule has 0 aliphatic rings. The molecule has 6 heteroatoms. The summed E-state index contributed by atoms with van der Waals surface area (Å²) < 4.78 is 28.0. The number of hydrogen-bond acceptors (Lipinski definition) is 4. The molecule has 2 aromatic carbocycles. The van der Waals surface area contributed by atoms with Crippen LogP contribution >= 0.6 is 0 Å². The quantitative estimate of drug-likeness (QED) is 0.649. The number of nitrogens with one attached hydrogen (secondary N) is 1. The van der Waals surface area contributed by atoms with Crippen molar-refractivity contribution in [3.8, 4) is 11.3 Å². The van der Waals surface area contributed by atoms with Crippen molar-refractivity contribution in [1.29, 1.82) is 0 Å². The van der Waals surface area contributed by atoms with Crippen LogP contribution in [0, 0.1) is 6.92 Å². The molecule has 0 radical (unpaired) electrons. The molecule has 27 heavy (non-hydrogen) atoms. The van der Waals surface area contributed by atoms with E-state index in [1.54, 1.807) is 42.6 Å². The monoisotopic (exact) mass is 381 g/mol. The number of hydrogen-bond donors (Lipinski definition) is 1. The summed E-state index contributed by atoms with van der Waals surface area (Å²) in [4.78, 5) is 8.73. The lowest BCUT2D eigenvalue weighted by molar-refractivity contribution is 0.601. The normalized spacial score (nSPS) is 11.3. The highest BCUT2D eigenvalue weighted by Gasteiger charge is 2.14. The third-order valence-electron chi connectivity index (χ3n) is 4.24. The lowest BCUT2D eigenvalue weighted by Crippen LogP contribution is -2.13. The number of benzene rings is 2. The van der Waals surface area contributed by atoms with Gasteiger partial charge in [0.1, 0.15) is 5.82 Å². The summed E-state index contributed by atoms with van der Waals surface area (Å²) in [6.45, 7) is 3.96. The zero-order valence-electron chi connectivity index (χ0n) is 15.5. The van der Waals surface area contributed by atoms with E-state index in [9.17, 15) is 8.42 Å². The summed E-state index contributed by atoms with van der Waals surface area (Å²) in [6, 6.07) is 16.1. The van der Waals surface area contributed by atoms with Crippen LogP contribution in [0.15, 0.2) is 65.7 Å². The van der Waals surface area contributed by atoms with Crippen LogP contribution in [-0.2, 0) is 16.4 Å². The van der Waals surface area contributed by atoms with Crippen molar-refractivity contribution in [2.45, 2.75) is 38.0 Å². The van der Waals surface area contributed by atoms with Crippen molar-refractivity contribution in [1.82, 2.24) is 9.97 Å². The predicted molar refractivity (Wildman–Crippen MR) is 108 cm³/mol. The number of sulfonamides is 1. The highest BCUT2D eigenvalue weighted by molar-refractivity contribution is 7.92. The molecule has 0 aliphatic heterocycles. The predicted octanol–water partition coefficient (Wildman–Crippen LogP) is 4.60. The Balaban J connectivity index is 1.80. The van der Waals surface area contributed by atoms with E-state index in [4.69, 9.17) is 0 Å². The maximum Gasteiger partial charge on any atom is 0.261 e. The molecule has 5 nitrogen and oxygen atoms in total. The van der Waals surface area contributed by atoms with Crippen LogP contribution in [0.25, 0.3) is 11.3 Å². The summed E-state index contributed by atoms with van der Waals surface area (Å²) in [5, 5.41) is 0. The lowest BCUT2D eigenvalue weighted by atomic mass is 10.1. The SMILES string of the molecule is CCCCc1ccc(S(=O)(=O)Nc2cccc(-c3ccnc(C)n3)c2)cc1. The zero-order chi connectivity index (χ0) is 19.3. The Kier molecular flexibility index (Phi) is 5.86. The van der Waals surface area contributed by atoms with Crippen molar-refractivity contribution >= 4 is 15.7 Å². The fourth-order valence-electron chi connectivity index (χ4n) is 2.79. The van der Waals surface area contributed by atoms with Crippen LogP contribution < -0.4 is 4.72 Å². The fraction of sp³-hybridized carbons (Fsp3) is 0.238. The van der Waals surface area contributed by atoms with Crippen LogP contribution in [0.2, 0.25) is 0 Å². The Hall–Kier alpha value is -2.73. The summed E-state index contributed by atoms with van der Waals surface area (Å²) in [5.41, 5.74) is 3.23. The molecule has 1 heterocycles. The minimum atomic E-state index is -3.64. The van der Waals surface area contributed by atoms with Crippen molar-refractivity contribution in [3.05, 3.63) is 72.2 Å². The van der Waals surface area contributed by atoms with Gasteiger partial charge < -0.3 is 0 Å². The number of aryl methyl sites for hydroxylation is 2. The first-order valence-electron chi connectivity index (χ1n) is 9.00. The Bertz CT molecular complexity index is 1020. The second-order valence-electron chi connectivity index (χ2n) is 6.42. The van der Waals surface area contributed by atoms with Gasteiger partial charge in [-0.05, 0) is 55.7 Å². The topological polar surface area (TPSA) is 72.0 Å². The van der Waals surface area contributed by atoms with E-state index in [0.717, 1.165) is 36.1 Å². The van der Waals surface area contributed by atoms with Gasteiger partial charge in [0.25, 0.3) is 10.0 Å². The van der Waals surface area contributed by atoms with Gasteiger partial charge in [0.15, 0.2) is 0 Å². The van der Waals surface area contributed by atoms with Crippen molar-refractivity contribution < 1.29 is 8.42 Å². The highest BCUT2D eigenvalue weighted by atomic mass is 32.2. The van der Waals surface area contributed by atoms with Gasteiger partial charge in [0.2, 0.25) is 0 Å². The maximum atomic E-state index is 12.7. The van der Waals surface area contributed by atoms with Gasteiger partial charge in [-0.15, -0.1) is 0 Å². The van der Waals surface area contributed by atoms with Gasteiger partial charge in [-0.2, -0.15) is 0 Å². The highest BCUT2D eigenvalue weighted by Crippen LogP contribution is 2.23. The van der Waals surface area contributed by atoms with Crippen LogP contribution in [0.5, 0.6) is 0 Å². The molecule has 1 N–H and O–H groups in total. The second kappa shape index (κ2) is 8.31. The van der Waals surface area contributed by atoms with E-state index in [1.807, 2.05) is 25.1 Å². The zero-order valence-corrected chi connectivity index (χ0v) is 16.3. The summed E-state index contributed by atoms with van der Waals surface area (Å²) in [5.74, 6) is 0.668. The first-order chi connectivity index (χ1) is 13.0. The largest absolute Gasteiger partial charge is 0.280 e. The van der Waals surface area contributed by atoms with E-state index in [1.165, 1.54) is 0 Å². The first kappa shape index (κ1) is 19.0. The Morgan fingerprint density at radius 2 is 1.81 bits per heavy atom. The molecule has 0 fully saturated rings. The van der Waals surface area contributed by atoms with Crippen LogP contribution in [-0.4, -0.2) is 18.4 Å². The van der Waals surface area contributed by atoms with Gasteiger partial charge in [-0.3, -0.25) is 4.72 Å². The van der Waals surface area contributed by atoms with Crippen molar-refractivity contribution in [3.63, 3.8) is 0 Å². The van der Waals surface area contributed by atoms with Crippen molar-refractivity contribution in [2.24, 2.45) is 0 Å². The number of nitrogens with zero attached hydrogens (tertiary/aromatic N) is 2. The standard InChI is InChI=1S/C21H23N3O2S/c1-3-4-6-17-9-11-20(12-10-17)27(25,26)24-19-8-5-7-18(15-19)21-13-14-22-16(2)23-21/h5,7-15,24H,3-4,6H2,1-2H3. The van der Waals surface area contributed by atoms with E-state index < -0.39 is 10.0 Å². The maximum absolute atomic E-state index is 12.7. The Labute approximate surface area is 160 Å². The minimum Gasteiger partial charge on any atom is -0.280 e. The molecule has 0 bridgehead atoms. The molecule has 0 saturated heterocycles. The molecule has 1 aromatic heterocycles. The number of aromatic nitrogens is 2. The molecule has 3 rings (SSSR count). The van der Waals surface area contributed by atoms with E-state index >= 15 is 0 Å². The Morgan fingerprint density at radius 3 is 2.52 bits per heavy atom. The van der Waals surface area contributed by atoms with Crippen molar-refractivity contribution in [2.75, 3.05) is 4.72 Å². The first-order valence-corrected chi connectivity index (χ1v) is 10.5. The van der Waals surface area contributed by atoms with Crippen LogP contribution in [0.3, 0.4) is 0 Å². The molecule has 0 aliphatic carbocycles. The van der Waals surface area contributed by atoms with Gasteiger partial charge >= 0.3 is 0 Å². The molecular weight excluding hydrogens is 358 g/mol. The molecular formula is C21H23N3O2S. The average Bonchev–Trinajstić information content (AvgIpc) is 2.66. The smallest absolute Gasteiger partial charge is 0.261 e. The molecule has 3 aromatic rings. The van der Waals surface area contributed by atoms with E-state index in [0.29, 0.717) is 11.5 Å². The van der Waals surface area contributed by atoms with Gasteiger partial charge in [0, 0.05) is 17.4 Å². The number of anilines is 1. The molecule has 0 saturated carbocycles. The third kappa shape index (κ3) is 4.92. The number of rotatable bonds is 7. The second-order valence-corrected chi connectivity index (χ2v) is 8.11. The van der Waals surface area contributed by atoms with Gasteiger partial charge in [-0.1, -0.05) is 37.6 Å². The fourth-order valence-corrected chi connectivity index (χ4v) is 3.84. The summed E-state index contributed by atoms with van der Waals surface area (Å²) in [6.07, 6.45) is 4.86. The molecule has 0 amide bonds. The third-order valence-corrected chi connectivity index (χ3v) is 5.64. The summed E-state index contributed by atoms with van der Waals surface area (Å²) >= 11 is 0. The van der Waals surface area contributed by atoms with Gasteiger partial charge in [0.05, 0.1) is 10.6 Å². The van der Waals surface area contributed by atoms with E-state index in [2.05, 4.69) is 21.6 Å². The molecule has 0 spiro atoms. The lowest BCUT2D eigenvalue weighted by Gasteiger charge is -2.10. The average molecular weight is 382 g/mol.